The minimum atomic E-state index is -7.00. The summed E-state index contributed by atoms with van der Waals surface area (Å²) in [5.74, 6) is -21.8. The van der Waals surface area contributed by atoms with Crippen molar-refractivity contribution < 1.29 is 58.6 Å². The van der Waals surface area contributed by atoms with Crippen LogP contribution in [0.25, 0.3) is 0 Å². The molecule has 26 heavy (non-hydrogen) atoms. The molecule has 0 saturated heterocycles. The summed E-state index contributed by atoms with van der Waals surface area (Å²) in [6.45, 7) is 2.33. The summed E-state index contributed by atoms with van der Waals surface area (Å²) in [5.41, 5.74) is -0.0224. The number of rotatable bonds is 9. The Labute approximate surface area is 140 Å². The van der Waals surface area contributed by atoms with Crippen LogP contribution in [-0.4, -0.2) is 49.1 Å². The SMILES string of the molecule is C=C(C)C(=O)OCCC(=O)OCCC(F)(F)C(F)(F)C(F)(F)C(F)(F)F. The molecule has 0 heterocycles. The molecule has 0 fully saturated rings. The lowest BCUT2D eigenvalue weighted by Crippen LogP contribution is -2.61. The number of hydrogen-bond donors (Lipinski definition) is 0. The number of esters is 2. The van der Waals surface area contributed by atoms with Gasteiger partial charge in [0, 0.05) is 5.57 Å². The Kier molecular flexibility index (Phi) is 7.55. The Morgan fingerprint density at radius 2 is 1.35 bits per heavy atom. The minimum Gasteiger partial charge on any atom is -0.465 e. The Hall–Kier alpha value is -1.95. The largest absolute Gasteiger partial charge is 0.465 e. The van der Waals surface area contributed by atoms with Crippen molar-refractivity contribution in [1.29, 1.82) is 0 Å². The summed E-state index contributed by atoms with van der Waals surface area (Å²) in [5, 5.41) is 0. The van der Waals surface area contributed by atoms with Gasteiger partial charge in [0.2, 0.25) is 0 Å². The number of halogens is 9. The van der Waals surface area contributed by atoms with E-state index in [9.17, 15) is 49.1 Å². The fourth-order valence-corrected chi connectivity index (χ4v) is 1.28. The molecule has 4 nitrogen and oxygen atoms in total. The Morgan fingerprint density at radius 3 is 1.77 bits per heavy atom. The summed E-state index contributed by atoms with van der Waals surface area (Å²) in [7, 11) is 0. The zero-order valence-electron chi connectivity index (χ0n) is 13.1. The highest BCUT2D eigenvalue weighted by atomic mass is 19.4. The third kappa shape index (κ3) is 5.53. The molecule has 0 unspecified atom stereocenters. The molecule has 0 atom stereocenters. The Bertz CT molecular complexity index is 540. The fraction of sp³-hybridized carbons (Fsp3) is 0.692. The van der Waals surface area contributed by atoms with E-state index in [4.69, 9.17) is 0 Å². The molecule has 13 heteroatoms. The quantitative estimate of drug-likeness (QED) is 0.332. The highest BCUT2D eigenvalue weighted by Crippen LogP contribution is 2.53. The van der Waals surface area contributed by atoms with E-state index in [1.807, 2.05) is 0 Å². The van der Waals surface area contributed by atoms with Crippen molar-refractivity contribution in [3.63, 3.8) is 0 Å². The molecule has 0 spiro atoms. The zero-order valence-corrected chi connectivity index (χ0v) is 13.1. The van der Waals surface area contributed by atoms with Crippen molar-refractivity contribution in [2.24, 2.45) is 0 Å². The zero-order chi connectivity index (χ0) is 21.0. The predicted molar refractivity (Wildman–Crippen MR) is 66.9 cm³/mol. The van der Waals surface area contributed by atoms with Gasteiger partial charge < -0.3 is 9.47 Å². The van der Waals surface area contributed by atoms with Gasteiger partial charge in [-0.05, 0) is 6.92 Å². The molecule has 0 rings (SSSR count). The molecular formula is C13H13F9O4. The van der Waals surface area contributed by atoms with E-state index in [-0.39, 0.29) is 5.57 Å². The van der Waals surface area contributed by atoms with E-state index in [0.717, 1.165) is 0 Å². The summed E-state index contributed by atoms with van der Waals surface area (Å²) in [6, 6.07) is 0. The van der Waals surface area contributed by atoms with Gasteiger partial charge in [-0.1, -0.05) is 6.58 Å². The van der Waals surface area contributed by atoms with Gasteiger partial charge in [0.25, 0.3) is 0 Å². The normalized spacial score (nSPS) is 13.3. The van der Waals surface area contributed by atoms with Gasteiger partial charge in [0.05, 0.1) is 19.4 Å². The third-order valence-corrected chi connectivity index (χ3v) is 2.78. The summed E-state index contributed by atoms with van der Waals surface area (Å²) in [6.07, 6.45) is -9.90. The van der Waals surface area contributed by atoms with Gasteiger partial charge in [0.1, 0.15) is 6.61 Å². The van der Waals surface area contributed by atoms with Crippen molar-refractivity contribution in [2.75, 3.05) is 13.2 Å². The first-order chi connectivity index (χ1) is 11.5. The van der Waals surface area contributed by atoms with Gasteiger partial charge >= 0.3 is 35.9 Å². The number of hydrogen-bond acceptors (Lipinski definition) is 4. The first-order valence-electron chi connectivity index (χ1n) is 6.66. The number of carbonyl (C=O) groups excluding carboxylic acids is 2. The summed E-state index contributed by atoms with van der Waals surface area (Å²) in [4.78, 5) is 22.0. The first-order valence-corrected chi connectivity index (χ1v) is 6.66. The van der Waals surface area contributed by atoms with Crippen LogP contribution in [0.2, 0.25) is 0 Å². The molecule has 0 aromatic heterocycles. The van der Waals surface area contributed by atoms with Crippen LogP contribution in [-0.2, 0) is 19.1 Å². The van der Waals surface area contributed by atoms with Gasteiger partial charge in [-0.25, -0.2) is 4.79 Å². The van der Waals surface area contributed by atoms with Crippen molar-refractivity contribution in [1.82, 2.24) is 0 Å². The number of ether oxygens (including phenoxy) is 2. The molecule has 0 aliphatic carbocycles. The Morgan fingerprint density at radius 1 is 0.846 bits per heavy atom. The minimum absolute atomic E-state index is 0.0224. The molecule has 0 bridgehead atoms. The maximum atomic E-state index is 13.1. The summed E-state index contributed by atoms with van der Waals surface area (Å²) < 4.78 is 121. The number of alkyl halides is 9. The molecule has 0 radical (unpaired) electrons. The third-order valence-electron chi connectivity index (χ3n) is 2.78. The Balaban J connectivity index is 4.63. The maximum absolute atomic E-state index is 13.1. The van der Waals surface area contributed by atoms with E-state index in [2.05, 4.69) is 16.1 Å². The molecule has 0 aromatic rings. The second-order valence-corrected chi connectivity index (χ2v) is 4.99. The second-order valence-electron chi connectivity index (χ2n) is 4.99. The van der Waals surface area contributed by atoms with E-state index in [0.29, 0.717) is 0 Å². The molecule has 0 aromatic carbocycles. The predicted octanol–water partition coefficient (Wildman–Crippen LogP) is 3.90. The van der Waals surface area contributed by atoms with Gasteiger partial charge in [-0.3, -0.25) is 4.79 Å². The highest BCUT2D eigenvalue weighted by molar-refractivity contribution is 5.87. The highest BCUT2D eigenvalue weighted by Gasteiger charge is 2.81. The topological polar surface area (TPSA) is 52.6 Å². The van der Waals surface area contributed by atoms with E-state index in [1.165, 1.54) is 6.92 Å². The molecule has 0 amide bonds. The van der Waals surface area contributed by atoms with Crippen LogP contribution in [0.15, 0.2) is 12.2 Å². The van der Waals surface area contributed by atoms with Crippen LogP contribution < -0.4 is 0 Å². The lowest BCUT2D eigenvalue weighted by Gasteiger charge is -2.33. The number of carbonyl (C=O) groups is 2. The summed E-state index contributed by atoms with van der Waals surface area (Å²) >= 11 is 0. The van der Waals surface area contributed by atoms with E-state index in [1.54, 1.807) is 0 Å². The van der Waals surface area contributed by atoms with Crippen LogP contribution in [0.1, 0.15) is 19.8 Å². The molecule has 152 valence electrons. The maximum Gasteiger partial charge on any atom is 0.460 e. The van der Waals surface area contributed by atoms with Crippen LogP contribution in [0.5, 0.6) is 0 Å². The average molecular weight is 404 g/mol. The second kappa shape index (κ2) is 8.16. The van der Waals surface area contributed by atoms with Crippen LogP contribution in [0.4, 0.5) is 39.5 Å². The molecule has 0 aliphatic rings. The van der Waals surface area contributed by atoms with Gasteiger partial charge in [0.15, 0.2) is 0 Å². The monoisotopic (exact) mass is 404 g/mol. The fourth-order valence-electron chi connectivity index (χ4n) is 1.28. The van der Waals surface area contributed by atoms with Gasteiger partial charge in [-0.2, -0.15) is 39.5 Å². The molecule has 0 aliphatic heterocycles. The lowest BCUT2D eigenvalue weighted by atomic mass is 10.0. The average Bonchev–Trinajstić information content (AvgIpc) is 2.45. The standard InChI is InChI=1S/C13H13F9O4/c1-7(2)9(24)26-5-3-8(23)25-6-4-10(14,15)11(16,17)12(18,19)13(20,21)22/h1,3-6H2,2H3. The van der Waals surface area contributed by atoms with E-state index < -0.39 is 61.9 Å². The lowest BCUT2D eigenvalue weighted by molar-refractivity contribution is -0.397. The van der Waals surface area contributed by atoms with Crippen LogP contribution >= 0.6 is 0 Å². The van der Waals surface area contributed by atoms with Crippen molar-refractivity contribution in [3.8, 4) is 0 Å². The van der Waals surface area contributed by atoms with Crippen LogP contribution in [0, 0.1) is 0 Å². The van der Waals surface area contributed by atoms with Crippen LogP contribution in [0.3, 0.4) is 0 Å². The molecular weight excluding hydrogens is 391 g/mol. The van der Waals surface area contributed by atoms with Crippen molar-refractivity contribution >= 4 is 11.9 Å². The van der Waals surface area contributed by atoms with Gasteiger partial charge in [-0.15, -0.1) is 0 Å². The molecule has 0 saturated carbocycles. The van der Waals surface area contributed by atoms with Crippen molar-refractivity contribution in [2.45, 2.75) is 43.7 Å². The smallest absolute Gasteiger partial charge is 0.460 e. The first kappa shape index (κ1) is 24.1. The van der Waals surface area contributed by atoms with Crippen molar-refractivity contribution in [3.05, 3.63) is 12.2 Å². The molecule has 0 N–H and O–H groups in total. The van der Waals surface area contributed by atoms with E-state index >= 15 is 0 Å².